The van der Waals surface area contributed by atoms with Crippen molar-refractivity contribution in [3.8, 4) is 0 Å². The van der Waals surface area contributed by atoms with Crippen molar-refractivity contribution in [2.75, 3.05) is 0 Å². The average molecular weight is 336 g/mol. The predicted molar refractivity (Wildman–Crippen MR) is 74.8 cm³/mol. The van der Waals surface area contributed by atoms with Crippen molar-refractivity contribution in [1.82, 2.24) is 4.72 Å². The lowest BCUT2D eigenvalue weighted by atomic mass is 10.2. The molecule has 1 aromatic rings. The molecule has 0 spiro atoms. The number of nitrogens with one attached hydrogen (secondary N) is 1. The van der Waals surface area contributed by atoms with Crippen molar-refractivity contribution < 1.29 is 28.2 Å². The van der Waals surface area contributed by atoms with E-state index in [4.69, 9.17) is 21.8 Å². The van der Waals surface area contributed by atoms with E-state index in [1.54, 1.807) is 0 Å². The molecule has 116 valence electrons. The fourth-order valence-corrected chi connectivity index (χ4v) is 3.35. The third-order valence-corrected chi connectivity index (χ3v) is 4.53. The van der Waals surface area contributed by atoms with Gasteiger partial charge >= 0.3 is 11.9 Å². The molecule has 0 fully saturated rings. The van der Waals surface area contributed by atoms with Crippen molar-refractivity contribution >= 4 is 33.6 Å². The molecule has 0 bridgehead atoms. The molecule has 9 heteroatoms. The molecule has 0 unspecified atom stereocenters. The van der Waals surface area contributed by atoms with E-state index in [0.717, 1.165) is 0 Å². The highest BCUT2D eigenvalue weighted by atomic mass is 35.5. The number of hydrogen-bond donors (Lipinski definition) is 3. The minimum absolute atomic E-state index is 0.142. The van der Waals surface area contributed by atoms with Crippen molar-refractivity contribution in [2.45, 2.75) is 30.7 Å². The molecule has 0 amide bonds. The average Bonchev–Trinajstić information content (AvgIpc) is 2.36. The molecule has 0 radical (unpaired) electrons. The molecular weight excluding hydrogens is 322 g/mol. The summed E-state index contributed by atoms with van der Waals surface area (Å²) in [6, 6.07) is 2.68. The van der Waals surface area contributed by atoms with Crippen LogP contribution in [0.2, 0.25) is 5.02 Å². The number of halogens is 1. The fourth-order valence-electron chi connectivity index (χ4n) is 1.61. The zero-order valence-electron chi connectivity index (χ0n) is 11.0. The maximum absolute atomic E-state index is 12.2. The van der Waals surface area contributed by atoms with Gasteiger partial charge in [-0.05, 0) is 31.0 Å². The van der Waals surface area contributed by atoms with Gasteiger partial charge in [-0.15, -0.1) is 0 Å². The number of carboxylic acids is 2. The van der Waals surface area contributed by atoms with Crippen LogP contribution >= 0.6 is 11.6 Å². The Labute approximate surface area is 126 Å². The SMILES string of the molecule is Cc1ccc(Cl)cc1S(=O)(=O)N[C@@H](CCC(=O)O)C(=O)O. The highest BCUT2D eigenvalue weighted by Gasteiger charge is 2.27. The first-order chi connectivity index (χ1) is 9.63. The van der Waals surface area contributed by atoms with Gasteiger partial charge < -0.3 is 10.2 Å². The maximum atomic E-state index is 12.2. The Morgan fingerprint density at radius 2 is 1.95 bits per heavy atom. The summed E-state index contributed by atoms with van der Waals surface area (Å²) in [4.78, 5) is 21.4. The second-order valence-corrected chi connectivity index (χ2v) is 6.47. The lowest BCUT2D eigenvalue weighted by Gasteiger charge is -2.15. The Bertz CT molecular complexity index is 658. The summed E-state index contributed by atoms with van der Waals surface area (Å²) in [6.45, 7) is 1.54. The summed E-state index contributed by atoms with van der Waals surface area (Å²) in [5.74, 6) is -2.65. The number of aliphatic carboxylic acids is 2. The highest BCUT2D eigenvalue weighted by Crippen LogP contribution is 2.20. The van der Waals surface area contributed by atoms with Crippen LogP contribution in [-0.4, -0.2) is 36.6 Å². The van der Waals surface area contributed by atoms with E-state index in [2.05, 4.69) is 0 Å². The van der Waals surface area contributed by atoms with Crippen LogP contribution < -0.4 is 4.72 Å². The van der Waals surface area contributed by atoms with Crippen LogP contribution in [0.25, 0.3) is 0 Å². The zero-order chi connectivity index (χ0) is 16.2. The van der Waals surface area contributed by atoms with Gasteiger partial charge in [0.2, 0.25) is 10.0 Å². The molecule has 0 aliphatic heterocycles. The standard InChI is InChI=1S/C12H14ClNO6S/c1-7-2-3-8(13)6-10(7)21(19,20)14-9(12(17)18)4-5-11(15)16/h2-3,6,9,14H,4-5H2,1H3,(H,15,16)(H,17,18)/t9-/m0/s1. The van der Waals surface area contributed by atoms with Crippen LogP contribution in [-0.2, 0) is 19.6 Å². The van der Waals surface area contributed by atoms with Crippen molar-refractivity contribution in [3.63, 3.8) is 0 Å². The van der Waals surface area contributed by atoms with Crippen LogP contribution in [0.1, 0.15) is 18.4 Å². The van der Waals surface area contributed by atoms with Crippen LogP contribution in [0.5, 0.6) is 0 Å². The minimum atomic E-state index is -4.11. The molecule has 0 aliphatic carbocycles. The summed E-state index contributed by atoms with van der Waals surface area (Å²) in [5, 5.41) is 17.7. The van der Waals surface area contributed by atoms with Gasteiger partial charge in [-0.2, -0.15) is 4.72 Å². The Morgan fingerprint density at radius 1 is 1.33 bits per heavy atom. The van der Waals surface area contributed by atoms with Gasteiger partial charge in [-0.25, -0.2) is 8.42 Å². The van der Waals surface area contributed by atoms with E-state index in [0.29, 0.717) is 5.56 Å². The molecule has 7 nitrogen and oxygen atoms in total. The minimum Gasteiger partial charge on any atom is -0.481 e. The lowest BCUT2D eigenvalue weighted by molar-refractivity contribution is -0.140. The highest BCUT2D eigenvalue weighted by molar-refractivity contribution is 7.89. The first-order valence-electron chi connectivity index (χ1n) is 5.86. The molecule has 0 aliphatic rings. The zero-order valence-corrected chi connectivity index (χ0v) is 12.6. The quantitative estimate of drug-likeness (QED) is 0.689. The molecule has 1 rings (SSSR count). The largest absolute Gasteiger partial charge is 0.481 e. The van der Waals surface area contributed by atoms with Crippen LogP contribution in [0.15, 0.2) is 23.1 Å². The lowest BCUT2D eigenvalue weighted by Crippen LogP contribution is -2.41. The topological polar surface area (TPSA) is 121 Å². The van der Waals surface area contributed by atoms with Gasteiger partial charge in [0.15, 0.2) is 0 Å². The molecule has 0 heterocycles. The first kappa shape index (κ1) is 17.4. The summed E-state index contributed by atoms with van der Waals surface area (Å²) < 4.78 is 26.4. The molecule has 0 saturated heterocycles. The van der Waals surface area contributed by atoms with Gasteiger partial charge in [0.25, 0.3) is 0 Å². The number of aryl methyl sites for hydroxylation is 1. The normalized spacial score (nSPS) is 12.9. The predicted octanol–water partition coefficient (Wildman–Crippen LogP) is 1.24. The molecule has 1 atom stereocenters. The van der Waals surface area contributed by atoms with Crippen LogP contribution in [0, 0.1) is 6.92 Å². The van der Waals surface area contributed by atoms with E-state index >= 15 is 0 Å². The smallest absolute Gasteiger partial charge is 0.321 e. The summed E-state index contributed by atoms with van der Waals surface area (Å²) in [7, 11) is -4.11. The molecule has 1 aromatic carbocycles. The summed E-state index contributed by atoms with van der Waals surface area (Å²) >= 11 is 5.74. The van der Waals surface area contributed by atoms with E-state index in [1.165, 1.54) is 25.1 Å². The second kappa shape index (κ2) is 6.88. The van der Waals surface area contributed by atoms with E-state index in [9.17, 15) is 18.0 Å². The van der Waals surface area contributed by atoms with E-state index in [1.807, 2.05) is 4.72 Å². The van der Waals surface area contributed by atoms with Crippen LogP contribution in [0.3, 0.4) is 0 Å². The number of sulfonamides is 1. The molecule has 0 aromatic heterocycles. The fraction of sp³-hybridized carbons (Fsp3) is 0.333. The van der Waals surface area contributed by atoms with Crippen molar-refractivity contribution in [1.29, 1.82) is 0 Å². The number of benzene rings is 1. The van der Waals surface area contributed by atoms with E-state index in [-0.39, 0.29) is 16.3 Å². The second-order valence-electron chi connectivity index (χ2n) is 4.35. The van der Waals surface area contributed by atoms with Gasteiger partial charge in [0.05, 0.1) is 4.90 Å². The van der Waals surface area contributed by atoms with Gasteiger partial charge in [-0.1, -0.05) is 17.7 Å². The van der Waals surface area contributed by atoms with Gasteiger partial charge in [-0.3, -0.25) is 9.59 Å². The summed E-state index contributed by atoms with van der Waals surface area (Å²) in [5.41, 5.74) is 0.397. The van der Waals surface area contributed by atoms with Crippen LogP contribution in [0.4, 0.5) is 0 Å². The Kier molecular flexibility index (Phi) is 5.70. The molecule has 3 N–H and O–H groups in total. The Morgan fingerprint density at radius 3 is 2.48 bits per heavy atom. The monoisotopic (exact) mass is 335 g/mol. The van der Waals surface area contributed by atoms with Gasteiger partial charge in [0, 0.05) is 11.4 Å². The molecule has 0 saturated carbocycles. The maximum Gasteiger partial charge on any atom is 0.321 e. The molecular formula is C12H14ClNO6S. The Hall–Kier alpha value is -1.64. The first-order valence-corrected chi connectivity index (χ1v) is 7.72. The van der Waals surface area contributed by atoms with Gasteiger partial charge in [0.1, 0.15) is 6.04 Å². The molecule has 21 heavy (non-hydrogen) atoms. The summed E-state index contributed by atoms with van der Waals surface area (Å²) in [6.07, 6.45) is -0.822. The number of rotatable bonds is 7. The number of carbonyl (C=O) groups is 2. The van der Waals surface area contributed by atoms with Crippen molar-refractivity contribution in [3.05, 3.63) is 28.8 Å². The Balaban J connectivity index is 3.03. The number of hydrogen-bond acceptors (Lipinski definition) is 4. The van der Waals surface area contributed by atoms with E-state index < -0.39 is 34.4 Å². The number of carboxylic acid groups (broad SMARTS) is 2. The van der Waals surface area contributed by atoms with Crippen molar-refractivity contribution in [2.24, 2.45) is 0 Å². The third kappa shape index (κ3) is 5.00. The third-order valence-electron chi connectivity index (χ3n) is 2.68.